The zero-order chi connectivity index (χ0) is 10.8. The van der Waals surface area contributed by atoms with Crippen LogP contribution in [-0.4, -0.2) is 14.2 Å². The first-order valence-electron chi connectivity index (χ1n) is 4.40. The molecule has 0 amide bonds. The van der Waals surface area contributed by atoms with Crippen molar-refractivity contribution in [2.75, 3.05) is 5.75 Å². The molecule has 1 aromatic rings. The molecule has 0 heterocycles. The number of hydrogen-bond donors (Lipinski definition) is 0. The third kappa shape index (κ3) is 2.80. The molecule has 0 aliphatic heterocycles. The van der Waals surface area contributed by atoms with Gasteiger partial charge in [-0.15, -0.1) is 0 Å². The minimum absolute atomic E-state index is 0.0447. The van der Waals surface area contributed by atoms with Gasteiger partial charge in [0.1, 0.15) is 5.82 Å². The molecule has 0 N–H and O–H groups in total. The summed E-state index contributed by atoms with van der Waals surface area (Å²) >= 11 is 0. The highest BCUT2D eigenvalue weighted by Gasteiger charge is 2.16. The first-order valence-corrected chi connectivity index (χ1v) is 6.05. The van der Waals surface area contributed by atoms with Crippen LogP contribution in [0, 0.1) is 11.7 Å². The van der Waals surface area contributed by atoms with Gasteiger partial charge in [-0.05, 0) is 24.1 Å². The van der Waals surface area contributed by atoms with E-state index >= 15 is 0 Å². The molecule has 0 radical (unpaired) electrons. The average Bonchev–Trinajstić information content (AvgIpc) is 2.01. The third-order valence-electron chi connectivity index (χ3n) is 1.71. The lowest BCUT2D eigenvalue weighted by atomic mass is 10.3. The van der Waals surface area contributed by atoms with Crippen molar-refractivity contribution in [3.8, 4) is 0 Å². The van der Waals surface area contributed by atoms with E-state index in [9.17, 15) is 12.8 Å². The van der Waals surface area contributed by atoms with Gasteiger partial charge in [-0.2, -0.15) is 0 Å². The molecule has 0 saturated carbocycles. The van der Waals surface area contributed by atoms with Crippen LogP contribution < -0.4 is 0 Å². The molecule has 0 fully saturated rings. The first kappa shape index (κ1) is 11.2. The van der Waals surface area contributed by atoms with Crippen LogP contribution in [0.2, 0.25) is 0 Å². The van der Waals surface area contributed by atoms with Crippen molar-refractivity contribution in [2.24, 2.45) is 5.92 Å². The van der Waals surface area contributed by atoms with Crippen molar-refractivity contribution in [3.05, 3.63) is 30.1 Å². The lowest BCUT2D eigenvalue weighted by Crippen LogP contribution is -2.11. The van der Waals surface area contributed by atoms with Gasteiger partial charge in [0.15, 0.2) is 9.84 Å². The minimum atomic E-state index is -3.32. The Balaban J connectivity index is 3.05. The molecule has 0 spiro atoms. The second-order valence-electron chi connectivity index (χ2n) is 3.63. The molecule has 14 heavy (non-hydrogen) atoms. The fourth-order valence-corrected chi connectivity index (χ4v) is 2.84. The fraction of sp³-hybridized carbons (Fsp3) is 0.400. The van der Waals surface area contributed by atoms with Crippen LogP contribution in [-0.2, 0) is 9.84 Å². The summed E-state index contributed by atoms with van der Waals surface area (Å²) in [5.41, 5.74) is 0. The molecule has 0 unspecified atom stereocenters. The van der Waals surface area contributed by atoms with Gasteiger partial charge in [-0.25, -0.2) is 12.8 Å². The van der Waals surface area contributed by atoms with Crippen LogP contribution in [0.15, 0.2) is 29.2 Å². The summed E-state index contributed by atoms with van der Waals surface area (Å²) in [7, 11) is -3.32. The number of benzene rings is 1. The molecule has 1 rings (SSSR count). The lowest BCUT2D eigenvalue weighted by Gasteiger charge is -2.06. The van der Waals surface area contributed by atoms with Crippen LogP contribution >= 0.6 is 0 Å². The summed E-state index contributed by atoms with van der Waals surface area (Å²) in [4.78, 5) is 0.0613. The predicted molar refractivity (Wildman–Crippen MR) is 53.3 cm³/mol. The normalized spacial score (nSPS) is 12.0. The number of halogens is 1. The Hall–Kier alpha value is -0.900. The zero-order valence-corrected chi connectivity index (χ0v) is 9.01. The number of hydrogen-bond acceptors (Lipinski definition) is 2. The van der Waals surface area contributed by atoms with E-state index in [1.165, 1.54) is 18.2 Å². The quantitative estimate of drug-likeness (QED) is 0.776. The van der Waals surface area contributed by atoms with Gasteiger partial charge in [0.25, 0.3) is 0 Å². The molecule has 0 atom stereocenters. The molecule has 0 bridgehead atoms. The zero-order valence-electron chi connectivity index (χ0n) is 8.20. The maximum Gasteiger partial charge on any atom is 0.178 e. The van der Waals surface area contributed by atoms with Gasteiger partial charge in [-0.3, -0.25) is 0 Å². The third-order valence-corrected chi connectivity index (χ3v) is 3.79. The molecule has 0 aromatic heterocycles. The van der Waals surface area contributed by atoms with E-state index in [4.69, 9.17) is 0 Å². The molecule has 0 saturated heterocycles. The topological polar surface area (TPSA) is 34.1 Å². The van der Waals surface area contributed by atoms with Crippen LogP contribution in [0.3, 0.4) is 0 Å². The monoisotopic (exact) mass is 216 g/mol. The standard InChI is InChI=1S/C10H13FO2S/c1-8(2)7-14(12,13)10-5-3-4-9(11)6-10/h3-6,8H,7H2,1-2H3. The Bertz CT molecular complexity index is 410. The second-order valence-corrected chi connectivity index (χ2v) is 5.67. The highest BCUT2D eigenvalue weighted by Crippen LogP contribution is 2.14. The second kappa shape index (κ2) is 4.09. The number of rotatable bonds is 3. The van der Waals surface area contributed by atoms with Crippen LogP contribution in [0.25, 0.3) is 0 Å². The summed E-state index contributed by atoms with van der Waals surface area (Å²) in [6, 6.07) is 5.11. The smallest absolute Gasteiger partial charge is 0.178 e. The summed E-state index contributed by atoms with van der Waals surface area (Å²) in [5, 5.41) is 0. The summed E-state index contributed by atoms with van der Waals surface area (Å²) in [6.07, 6.45) is 0. The van der Waals surface area contributed by atoms with E-state index in [-0.39, 0.29) is 16.6 Å². The summed E-state index contributed by atoms with van der Waals surface area (Å²) in [6.45, 7) is 3.63. The van der Waals surface area contributed by atoms with E-state index in [0.717, 1.165) is 6.07 Å². The van der Waals surface area contributed by atoms with Crippen molar-refractivity contribution in [2.45, 2.75) is 18.7 Å². The molecule has 4 heteroatoms. The number of sulfone groups is 1. The van der Waals surface area contributed by atoms with E-state index in [0.29, 0.717) is 0 Å². The van der Waals surface area contributed by atoms with Gasteiger partial charge in [0, 0.05) is 0 Å². The van der Waals surface area contributed by atoms with Gasteiger partial charge in [0.05, 0.1) is 10.6 Å². The van der Waals surface area contributed by atoms with Gasteiger partial charge in [-0.1, -0.05) is 19.9 Å². The van der Waals surface area contributed by atoms with E-state index in [1.54, 1.807) is 0 Å². The predicted octanol–water partition coefficient (Wildman–Crippen LogP) is 2.26. The van der Waals surface area contributed by atoms with Crippen LogP contribution in [0.5, 0.6) is 0 Å². The van der Waals surface area contributed by atoms with E-state index in [2.05, 4.69) is 0 Å². The van der Waals surface area contributed by atoms with E-state index < -0.39 is 15.7 Å². The molecular weight excluding hydrogens is 203 g/mol. The Morgan fingerprint density at radius 1 is 1.36 bits per heavy atom. The Kier molecular flexibility index (Phi) is 3.26. The summed E-state index contributed by atoms with van der Waals surface area (Å²) in [5.74, 6) is -0.422. The van der Waals surface area contributed by atoms with Crippen molar-refractivity contribution >= 4 is 9.84 Å². The van der Waals surface area contributed by atoms with Crippen molar-refractivity contribution in [3.63, 3.8) is 0 Å². The maximum atomic E-state index is 12.8. The Morgan fingerprint density at radius 2 is 2.00 bits per heavy atom. The molecule has 2 nitrogen and oxygen atoms in total. The SMILES string of the molecule is CC(C)CS(=O)(=O)c1cccc(F)c1. The first-order chi connectivity index (χ1) is 6.42. The fourth-order valence-electron chi connectivity index (χ4n) is 1.20. The highest BCUT2D eigenvalue weighted by atomic mass is 32.2. The van der Waals surface area contributed by atoms with Gasteiger partial charge >= 0.3 is 0 Å². The van der Waals surface area contributed by atoms with Gasteiger partial charge < -0.3 is 0 Å². The highest BCUT2D eigenvalue weighted by molar-refractivity contribution is 7.91. The maximum absolute atomic E-state index is 12.8. The van der Waals surface area contributed by atoms with Crippen LogP contribution in [0.4, 0.5) is 4.39 Å². The lowest BCUT2D eigenvalue weighted by molar-refractivity contribution is 0.578. The van der Waals surface area contributed by atoms with Gasteiger partial charge in [0.2, 0.25) is 0 Å². The van der Waals surface area contributed by atoms with Crippen molar-refractivity contribution < 1.29 is 12.8 Å². The van der Waals surface area contributed by atoms with E-state index in [1.807, 2.05) is 13.8 Å². The largest absolute Gasteiger partial charge is 0.224 e. The molecule has 1 aromatic carbocycles. The molecule has 0 aliphatic rings. The minimum Gasteiger partial charge on any atom is -0.224 e. The van der Waals surface area contributed by atoms with Crippen LogP contribution in [0.1, 0.15) is 13.8 Å². The summed E-state index contributed by atoms with van der Waals surface area (Å²) < 4.78 is 36.0. The Labute approximate surface area is 83.7 Å². The molecule has 0 aliphatic carbocycles. The van der Waals surface area contributed by atoms with Crippen molar-refractivity contribution in [1.82, 2.24) is 0 Å². The molecule has 78 valence electrons. The average molecular weight is 216 g/mol. The Morgan fingerprint density at radius 3 is 2.50 bits per heavy atom. The van der Waals surface area contributed by atoms with Crippen molar-refractivity contribution in [1.29, 1.82) is 0 Å². The molecular formula is C10H13FO2S.